The Balaban J connectivity index is 3.29. The molecule has 0 aliphatic heterocycles. The molecule has 0 heterocycles. The lowest BCUT2D eigenvalue weighted by molar-refractivity contribution is -0.142. The molecule has 0 saturated heterocycles. The zero-order valence-corrected chi connectivity index (χ0v) is 29.3. The van der Waals surface area contributed by atoms with E-state index in [-0.39, 0.29) is 50.3 Å². The molecule has 16 heteroatoms. The largest absolute Gasteiger partial charge is 0.508 e. The number of phenols is 1. The van der Waals surface area contributed by atoms with Crippen molar-refractivity contribution in [3.63, 3.8) is 0 Å². The highest BCUT2D eigenvalue weighted by Crippen LogP contribution is 2.13. The molecule has 1 rings (SSSR count). The van der Waals surface area contributed by atoms with E-state index >= 15 is 0 Å². The van der Waals surface area contributed by atoms with Gasteiger partial charge in [0.2, 0.25) is 29.5 Å². The number of carboxylic acid groups (broad SMARTS) is 1. The number of nitrogens with one attached hydrogen (secondary N) is 5. The van der Waals surface area contributed by atoms with Gasteiger partial charge in [0.1, 0.15) is 36.0 Å². The molecule has 5 amide bonds. The van der Waals surface area contributed by atoms with Crippen LogP contribution >= 0.6 is 0 Å². The van der Waals surface area contributed by atoms with Gasteiger partial charge in [-0.15, -0.1) is 6.58 Å². The maximum absolute atomic E-state index is 13.7. The van der Waals surface area contributed by atoms with E-state index in [9.17, 15) is 39.0 Å². The number of unbranched alkanes of at least 4 members (excludes halogenated alkanes) is 1. The molecule has 16 nitrogen and oxygen atoms in total. The zero-order valence-electron chi connectivity index (χ0n) is 29.3. The van der Waals surface area contributed by atoms with Crippen molar-refractivity contribution in [2.75, 3.05) is 13.1 Å². The summed E-state index contributed by atoms with van der Waals surface area (Å²) < 4.78 is 0. The molecule has 0 saturated carbocycles. The fourth-order valence-corrected chi connectivity index (χ4v) is 4.91. The molecule has 0 aromatic heterocycles. The number of benzene rings is 1. The Bertz CT molecular complexity index is 1270. The van der Waals surface area contributed by atoms with Crippen LogP contribution in [0.25, 0.3) is 0 Å². The molecule has 6 atom stereocenters. The fraction of sp³-hybridized carbons (Fsp3) is 0.588. The third-order valence-electron chi connectivity index (χ3n) is 7.69. The summed E-state index contributed by atoms with van der Waals surface area (Å²) in [6.07, 6.45) is 3.22. The van der Waals surface area contributed by atoms with Crippen molar-refractivity contribution in [1.82, 2.24) is 26.6 Å². The summed E-state index contributed by atoms with van der Waals surface area (Å²) in [5, 5.41) is 32.4. The lowest BCUT2D eigenvalue weighted by atomic mass is 10.0. The maximum atomic E-state index is 13.7. The van der Waals surface area contributed by atoms with Gasteiger partial charge in [0.05, 0.1) is 6.04 Å². The van der Waals surface area contributed by atoms with Gasteiger partial charge in [-0.05, 0) is 88.6 Å². The van der Waals surface area contributed by atoms with Crippen LogP contribution in [0.5, 0.6) is 5.75 Å². The summed E-state index contributed by atoms with van der Waals surface area (Å²) in [6, 6.07) is -0.795. The van der Waals surface area contributed by atoms with Gasteiger partial charge >= 0.3 is 5.97 Å². The number of hydrogen-bond acceptors (Lipinski definition) is 10. The van der Waals surface area contributed by atoms with E-state index in [1.807, 2.05) is 13.8 Å². The normalized spacial score (nSPS) is 14.6. The number of amides is 5. The summed E-state index contributed by atoms with van der Waals surface area (Å²) in [7, 11) is 0. The second-order valence-corrected chi connectivity index (χ2v) is 12.7. The number of carbonyl (C=O) groups excluding carboxylic acids is 5. The lowest BCUT2D eigenvalue weighted by Gasteiger charge is -2.27. The zero-order chi connectivity index (χ0) is 37.8. The number of hydrogen-bond donors (Lipinski definition) is 10. The van der Waals surface area contributed by atoms with Crippen LogP contribution in [-0.4, -0.2) is 95.1 Å². The highest BCUT2D eigenvalue weighted by molar-refractivity contribution is 5.96. The van der Waals surface area contributed by atoms with Crippen LogP contribution in [0, 0.1) is 5.92 Å². The van der Waals surface area contributed by atoms with E-state index < -0.39 is 71.8 Å². The molecule has 0 unspecified atom stereocenters. The molecular formula is C34H56N8O8. The number of aromatic hydroxyl groups is 1. The SMILES string of the molecule is C=CC[C@H](NC(=O)[C@H](CCCCN)NC(=O)[C@H](CCCN)NC(=O)[C@H](C)N)C(=O)N[C@@H](Cc1ccc(O)cc1)C(=O)N[C@@H](CC(C)C)C(=O)O. The van der Waals surface area contributed by atoms with Crippen LogP contribution in [0.3, 0.4) is 0 Å². The monoisotopic (exact) mass is 704 g/mol. The molecule has 13 N–H and O–H groups in total. The average Bonchev–Trinajstić information content (AvgIpc) is 3.05. The smallest absolute Gasteiger partial charge is 0.326 e. The Labute approximate surface area is 293 Å². The first-order chi connectivity index (χ1) is 23.6. The van der Waals surface area contributed by atoms with Gasteiger partial charge in [0, 0.05) is 6.42 Å². The van der Waals surface area contributed by atoms with E-state index in [4.69, 9.17) is 17.2 Å². The lowest BCUT2D eigenvalue weighted by Crippen LogP contribution is -2.59. The number of rotatable bonds is 24. The van der Waals surface area contributed by atoms with E-state index in [2.05, 4.69) is 33.2 Å². The molecule has 0 aliphatic rings. The van der Waals surface area contributed by atoms with Gasteiger partial charge in [0.25, 0.3) is 0 Å². The first-order valence-electron chi connectivity index (χ1n) is 16.9. The first-order valence-corrected chi connectivity index (χ1v) is 16.9. The Morgan fingerprint density at radius 1 is 0.700 bits per heavy atom. The second kappa shape index (κ2) is 23.0. The van der Waals surface area contributed by atoms with Crippen molar-refractivity contribution in [2.24, 2.45) is 23.1 Å². The number of aliphatic carboxylic acids is 1. The minimum atomic E-state index is -1.26. The summed E-state index contributed by atoms with van der Waals surface area (Å²) in [4.78, 5) is 78.2. The first kappa shape index (κ1) is 43.5. The standard InChI is InChI=1S/C34H56N8O8/c1-5-9-24(39-31(46)25(10-6-7-16-35)40-32(47)26(11-8-17-36)38-29(44)21(4)37)30(45)41-27(19-22-12-14-23(43)15-13-22)33(48)42-28(34(49)50)18-20(2)3/h5,12-15,20-21,24-28,43H,1,6-11,16-19,35-37H2,2-4H3,(H,38,44)(H,39,46)(H,40,47)(H,41,45)(H,42,48)(H,49,50)/t21-,24-,25-,26-,27-,28-/m0/s1. The minimum Gasteiger partial charge on any atom is -0.508 e. The molecule has 0 radical (unpaired) electrons. The molecular weight excluding hydrogens is 648 g/mol. The summed E-state index contributed by atoms with van der Waals surface area (Å²) in [6.45, 7) is 9.36. The second-order valence-electron chi connectivity index (χ2n) is 12.7. The van der Waals surface area contributed by atoms with Gasteiger partial charge in [-0.25, -0.2) is 4.79 Å². The average molecular weight is 705 g/mol. The predicted octanol–water partition coefficient (Wildman–Crippen LogP) is -0.719. The van der Waals surface area contributed by atoms with Gasteiger partial charge in [-0.2, -0.15) is 0 Å². The van der Waals surface area contributed by atoms with Crippen LogP contribution in [0.1, 0.15) is 71.3 Å². The van der Waals surface area contributed by atoms with Gasteiger partial charge in [0.15, 0.2) is 0 Å². The van der Waals surface area contributed by atoms with Crippen molar-refractivity contribution in [2.45, 2.75) is 108 Å². The van der Waals surface area contributed by atoms with Crippen molar-refractivity contribution in [1.29, 1.82) is 0 Å². The Kier molecular flexibility index (Phi) is 20.0. The molecule has 50 heavy (non-hydrogen) atoms. The van der Waals surface area contributed by atoms with E-state index in [0.29, 0.717) is 31.4 Å². The van der Waals surface area contributed by atoms with Crippen molar-refractivity contribution >= 4 is 35.5 Å². The van der Waals surface area contributed by atoms with Crippen molar-refractivity contribution < 1.29 is 39.0 Å². The quantitative estimate of drug-likeness (QED) is 0.0473. The van der Waals surface area contributed by atoms with Gasteiger partial charge < -0.3 is 54.0 Å². The number of phenolic OH excluding ortho intramolecular Hbond substituents is 1. The van der Waals surface area contributed by atoms with E-state index in [1.165, 1.54) is 25.1 Å². The van der Waals surface area contributed by atoms with Gasteiger partial charge in [-0.3, -0.25) is 24.0 Å². The molecule has 0 aliphatic carbocycles. The van der Waals surface area contributed by atoms with Crippen LogP contribution in [0.4, 0.5) is 0 Å². The Morgan fingerprint density at radius 2 is 1.16 bits per heavy atom. The molecule has 0 fully saturated rings. The topological polar surface area (TPSA) is 281 Å². The minimum absolute atomic E-state index is 0.00875. The van der Waals surface area contributed by atoms with E-state index in [1.54, 1.807) is 12.1 Å². The van der Waals surface area contributed by atoms with Crippen LogP contribution in [0.15, 0.2) is 36.9 Å². The third kappa shape index (κ3) is 16.2. The van der Waals surface area contributed by atoms with Gasteiger partial charge in [-0.1, -0.05) is 32.1 Å². The number of carbonyl (C=O) groups is 6. The Morgan fingerprint density at radius 3 is 1.66 bits per heavy atom. The van der Waals surface area contributed by atoms with Crippen LogP contribution in [-0.2, 0) is 35.2 Å². The Hall–Kier alpha value is -4.54. The number of nitrogens with two attached hydrogens (primary N) is 3. The molecule has 1 aromatic carbocycles. The predicted molar refractivity (Wildman–Crippen MR) is 188 cm³/mol. The third-order valence-corrected chi connectivity index (χ3v) is 7.69. The maximum Gasteiger partial charge on any atom is 0.326 e. The highest BCUT2D eigenvalue weighted by Gasteiger charge is 2.32. The van der Waals surface area contributed by atoms with Crippen molar-refractivity contribution in [3.8, 4) is 5.75 Å². The van der Waals surface area contributed by atoms with Crippen LogP contribution < -0.4 is 43.8 Å². The molecule has 0 bridgehead atoms. The highest BCUT2D eigenvalue weighted by atomic mass is 16.4. The summed E-state index contributed by atoms with van der Waals surface area (Å²) in [5.74, 6) is -4.70. The molecule has 0 spiro atoms. The van der Waals surface area contributed by atoms with Crippen LogP contribution in [0.2, 0.25) is 0 Å². The molecule has 1 aromatic rings. The fourth-order valence-electron chi connectivity index (χ4n) is 4.91. The summed E-state index contributed by atoms with van der Waals surface area (Å²) >= 11 is 0. The summed E-state index contributed by atoms with van der Waals surface area (Å²) in [5.41, 5.74) is 17.5. The van der Waals surface area contributed by atoms with Crippen molar-refractivity contribution in [3.05, 3.63) is 42.5 Å². The van der Waals surface area contributed by atoms with E-state index in [0.717, 1.165) is 0 Å². The molecule has 280 valence electrons. The number of carboxylic acids is 1.